The standard InChI is InChI=1S/C14H15Cl2N3S.ClH/c15-13-11(9-20-14(13)16)8-19-5-4-18-7-12(19)10-2-1-3-17-6-10;/h1-3,6,9,12,18H,4-5,7-8H2;1H. The highest BCUT2D eigenvalue weighted by atomic mass is 35.5. The topological polar surface area (TPSA) is 28.2 Å². The number of hydrogen-bond donors (Lipinski definition) is 1. The quantitative estimate of drug-likeness (QED) is 0.891. The van der Waals surface area contributed by atoms with Gasteiger partial charge in [-0.15, -0.1) is 23.7 Å². The Morgan fingerprint density at radius 3 is 2.95 bits per heavy atom. The molecule has 0 spiro atoms. The molecule has 0 radical (unpaired) electrons. The summed E-state index contributed by atoms with van der Waals surface area (Å²) in [6.45, 7) is 3.74. The highest BCUT2D eigenvalue weighted by Gasteiger charge is 2.25. The van der Waals surface area contributed by atoms with E-state index in [1.165, 1.54) is 16.9 Å². The van der Waals surface area contributed by atoms with Crippen molar-refractivity contribution in [2.24, 2.45) is 0 Å². The van der Waals surface area contributed by atoms with Gasteiger partial charge in [0, 0.05) is 44.6 Å². The maximum absolute atomic E-state index is 6.25. The minimum atomic E-state index is 0. The monoisotopic (exact) mass is 363 g/mol. The zero-order valence-electron chi connectivity index (χ0n) is 11.3. The molecule has 1 saturated heterocycles. The summed E-state index contributed by atoms with van der Waals surface area (Å²) in [6, 6.07) is 4.43. The third kappa shape index (κ3) is 3.89. The Morgan fingerprint density at radius 2 is 2.29 bits per heavy atom. The lowest BCUT2D eigenvalue weighted by Gasteiger charge is -2.36. The predicted molar refractivity (Wildman–Crippen MR) is 91.8 cm³/mol. The van der Waals surface area contributed by atoms with E-state index in [0.717, 1.165) is 31.7 Å². The largest absolute Gasteiger partial charge is 0.314 e. The average Bonchev–Trinajstić information content (AvgIpc) is 2.81. The van der Waals surface area contributed by atoms with Crippen LogP contribution in [0.3, 0.4) is 0 Å². The number of aromatic nitrogens is 1. The van der Waals surface area contributed by atoms with Crippen LogP contribution in [0.1, 0.15) is 17.2 Å². The fraction of sp³-hybridized carbons (Fsp3) is 0.357. The van der Waals surface area contributed by atoms with Crippen molar-refractivity contribution < 1.29 is 0 Å². The van der Waals surface area contributed by atoms with Crippen LogP contribution in [-0.2, 0) is 6.54 Å². The van der Waals surface area contributed by atoms with Gasteiger partial charge in [-0.3, -0.25) is 9.88 Å². The van der Waals surface area contributed by atoms with Gasteiger partial charge in [-0.05, 0) is 22.6 Å². The summed E-state index contributed by atoms with van der Waals surface area (Å²) < 4.78 is 0.676. The van der Waals surface area contributed by atoms with E-state index in [1.807, 2.05) is 17.6 Å². The molecule has 2 aromatic heterocycles. The van der Waals surface area contributed by atoms with Crippen molar-refractivity contribution >= 4 is 46.9 Å². The Labute approximate surface area is 144 Å². The van der Waals surface area contributed by atoms with Gasteiger partial charge < -0.3 is 5.32 Å². The van der Waals surface area contributed by atoms with Gasteiger partial charge in [0.15, 0.2) is 0 Å². The normalized spacial score (nSPS) is 19.2. The number of thiophene rings is 1. The Hall–Kier alpha value is -0.360. The second-order valence-electron chi connectivity index (χ2n) is 4.83. The SMILES string of the molecule is Cl.Clc1scc(CN2CCNCC2c2cccnc2)c1Cl. The van der Waals surface area contributed by atoms with Crippen molar-refractivity contribution in [3.8, 4) is 0 Å². The minimum absolute atomic E-state index is 0. The van der Waals surface area contributed by atoms with Gasteiger partial charge in [0.2, 0.25) is 0 Å². The molecule has 1 fully saturated rings. The van der Waals surface area contributed by atoms with Crippen LogP contribution < -0.4 is 5.32 Å². The second-order valence-corrected chi connectivity index (χ2v) is 6.69. The van der Waals surface area contributed by atoms with Crippen LogP contribution in [0.2, 0.25) is 9.36 Å². The van der Waals surface area contributed by atoms with Crippen LogP contribution in [0.4, 0.5) is 0 Å². The number of piperazine rings is 1. The van der Waals surface area contributed by atoms with E-state index >= 15 is 0 Å². The maximum Gasteiger partial charge on any atom is 0.112 e. The molecule has 7 heteroatoms. The summed E-state index contributed by atoms with van der Waals surface area (Å²) in [7, 11) is 0. The molecule has 0 bridgehead atoms. The zero-order valence-corrected chi connectivity index (χ0v) is 14.4. The number of halogens is 3. The molecule has 1 atom stereocenters. The third-order valence-corrected chi connectivity index (χ3v) is 5.47. The Bertz CT molecular complexity index is 576. The molecule has 0 amide bonds. The number of nitrogens with zero attached hydrogens (tertiary/aromatic N) is 2. The van der Waals surface area contributed by atoms with Gasteiger partial charge in [0.05, 0.1) is 5.02 Å². The van der Waals surface area contributed by atoms with Crippen molar-refractivity contribution in [2.45, 2.75) is 12.6 Å². The molecule has 1 aliphatic rings. The molecule has 1 unspecified atom stereocenters. The summed E-state index contributed by atoms with van der Waals surface area (Å²) in [4.78, 5) is 6.65. The lowest BCUT2D eigenvalue weighted by atomic mass is 10.0. The molecular formula is C14H16Cl3N3S. The smallest absolute Gasteiger partial charge is 0.112 e. The minimum Gasteiger partial charge on any atom is -0.314 e. The highest BCUT2D eigenvalue weighted by molar-refractivity contribution is 7.15. The van der Waals surface area contributed by atoms with E-state index in [0.29, 0.717) is 15.4 Å². The molecule has 21 heavy (non-hydrogen) atoms. The molecular weight excluding hydrogens is 349 g/mol. The fourth-order valence-electron chi connectivity index (χ4n) is 2.52. The molecule has 114 valence electrons. The van der Waals surface area contributed by atoms with E-state index in [1.54, 1.807) is 6.20 Å². The first-order chi connectivity index (χ1) is 9.75. The third-order valence-electron chi connectivity index (χ3n) is 3.56. The van der Waals surface area contributed by atoms with Crippen LogP contribution in [0.5, 0.6) is 0 Å². The number of rotatable bonds is 3. The number of nitrogens with one attached hydrogen (secondary N) is 1. The van der Waals surface area contributed by atoms with Gasteiger partial charge in [-0.25, -0.2) is 0 Å². The van der Waals surface area contributed by atoms with E-state index in [4.69, 9.17) is 23.2 Å². The highest BCUT2D eigenvalue weighted by Crippen LogP contribution is 2.34. The van der Waals surface area contributed by atoms with E-state index in [2.05, 4.69) is 21.3 Å². The van der Waals surface area contributed by atoms with Crippen LogP contribution >= 0.6 is 46.9 Å². The molecule has 3 heterocycles. The molecule has 0 saturated carbocycles. The first-order valence-corrected chi connectivity index (χ1v) is 8.15. The number of pyridine rings is 1. The van der Waals surface area contributed by atoms with E-state index in [-0.39, 0.29) is 12.4 Å². The zero-order chi connectivity index (χ0) is 13.9. The van der Waals surface area contributed by atoms with Crippen LogP contribution in [0.15, 0.2) is 29.9 Å². The maximum atomic E-state index is 6.25. The lowest BCUT2D eigenvalue weighted by Crippen LogP contribution is -2.45. The molecule has 3 rings (SSSR count). The number of hydrogen-bond acceptors (Lipinski definition) is 4. The van der Waals surface area contributed by atoms with E-state index < -0.39 is 0 Å². The molecule has 0 aromatic carbocycles. The van der Waals surface area contributed by atoms with E-state index in [9.17, 15) is 0 Å². The second kappa shape index (κ2) is 7.77. The van der Waals surface area contributed by atoms with Crippen LogP contribution in [-0.4, -0.2) is 29.5 Å². The summed E-state index contributed by atoms with van der Waals surface area (Å²) in [5, 5.41) is 6.19. The summed E-state index contributed by atoms with van der Waals surface area (Å²) in [5.41, 5.74) is 2.34. The van der Waals surface area contributed by atoms with Gasteiger partial charge in [0.25, 0.3) is 0 Å². The molecule has 0 aliphatic carbocycles. The molecule has 3 nitrogen and oxygen atoms in total. The van der Waals surface area contributed by atoms with Crippen molar-refractivity contribution in [3.05, 3.63) is 50.4 Å². The first kappa shape index (κ1) is 17.0. The van der Waals surface area contributed by atoms with Crippen LogP contribution in [0, 0.1) is 0 Å². The van der Waals surface area contributed by atoms with Crippen molar-refractivity contribution in [1.82, 2.24) is 15.2 Å². The van der Waals surface area contributed by atoms with Gasteiger partial charge in [-0.2, -0.15) is 0 Å². The average molecular weight is 365 g/mol. The predicted octanol–water partition coefficient (Wildman–Crippen LogP) is 4.02. The van der Waals surface area contributed by atoms with Crippen LogP contribution in [0.25, 0.3) is 0 Å². The first-order valence-electron chi connectivity index (χ1n) is 6.52. The Balaban J connectivity index is 0.00000161. The Morgan fingerprint density at radius 1 is 1.43 bits per heavy atom. The molecule has 1 aliphatic heterocycles. The summed E-state index contributed by atoms with van der Waals surface area (Å²) in [6.07, 6.45) is 3.74. The summed E-state index contributed by atoms with van der Waals surface area (Å²) in [5.74, 6) is 0. The Kier molecular flexibility index (Phi) is 6.29. The fourth-order valence-corrected chi connectivity index (χ4v) is 3.76. The molecule has 1 N–H and O–H groups in total. The lowest BCUT2D eigenvalue weighted by molar-refractivity contribution is 0.153. The molecule has 2 aromatic rings. The van der Waals surface area contributed by atoms with Gasteiger partial charge >= 0.3 is 0 Å². The van der Waals surface area contributed by atoms with Crippen molar-refractivity contribution in [1.29, 1.82) is 0 Å². The van der Waals surface area contributed by atoms with Crippen molar-refractivity contribution in [2.75, 3.05) is 19.6 Å². The summed E-state index contributed by atoms with van der Waals surface area (Å²) >= 11 is 13.8. The van der Waals surface area contributed by atoms with Gasteiger partial charge in [-0.1, -0.05) is 29.3 Å². The van der Waals surface area contributed by atoms with Gasteiger partial charge in [0.1, 0.15) is 4.34 Å². The van der Waals surface area contributed by atoms with Crippen molar-refractivity contribution in [3.63, 3.8) is 0 Å².